The number of aliphatic hydroxyl groups excluding tert-OH is 1. The van der Waals surface area contributed by atoms with Crippen LogP contribution in [0.25, 0.3) is 0 Å². The molecule has 0 saturated carbocycles. The van der Waals surface area contributed by atoms with Crippen LogP contribution in [0.5, 0.6) is 5.75 Å². The van der Waals surface area contributed by atoms with Crippen LogP contribution in [0.2, 0.25) is 0 Å². The number of aliphatic hydroxyl groups is 1. The number of benzene rings is 2. The number of rotatable bonds is 3. The second kappa shape index (κ2) is 6.77. The number of hydrogen-bond acceptors (Lipinski definition) is 2. The summed E-state index contributed by atoms with van der Waals surface area (Å²) in [6, 6.07) is 9.70. The molecule has 0 aliphatic carbocycles. The van der Waals surface area contributed by atoms with Crippen LogP contribution >= 0.6 is 54.5 Å². The molecule has 20 heavy (non-hydrogen) atoms. The fourth-order valence-corrected chi connectivity index (χ4v) is 3.32. The van der Waals surface area contributed by atoms with Gasteiger partial charge in [0.05, 0.1) is 7.11 Å². The van der Waals surface area contributed by atoms with E-state index in [1.165, 1.54) is 0 Å². The molecule has 0 bridgehead atoms. The van der Waals surface area contributed by atoms with Crippen LogP contribution in [0.1, 0.15) is 22.8 Å². The highest BCUT2D eigenvalue weighted by Gasteiger charge is 2.19. The van der Waals surface area contributed by atoms with E-state index in [0.29, 0.717) is 5.75 Å². The van der Waals surface area contributed by atoms with E-state index in [9.17, 15) is 5.11 Å². The Bertz CT molecular complexity index is 644. The van der Waals surface area contributed by atoms with E-state index in [1.807, 2.05) is 37.3 Å². The first kappa shape index (κ1) is 16.3. The SMILES string of the molecule is COc1cc(C)c(Br)cc1C(O)c1cc(Br)ccc1I. The summed E-state index contributed by atoms with van der Waals surface area (Å²) < 4.78 is 8.31. The van der Waals surface area contributed by atoms with Gasteiger partial charge in [-0.2, -0.15) is 0 Å². The molecule has 0 aromatic heterocycles. The third kappa shape index (κ3) is 3.37. The van der Waals surface area contributed by atoms with Gasteiger partial charge in [0, 0.05) is 18.1 Å². The Kier molecular flexibility index (Phi) is 5.50. The fourth-order valence-electron chi connectivity index (χ4n) is 1.95. The van der Waals surface area contributed by atoms with Crippen LogP contribution < -0.4 is 4.74 Å². The molecular weight excluding hydrogens is 499 g/mol. The zero-order valence-corrected chi connectivity index (χ0v) is 16.3. The number of aryl methyl sites for hydroxylation is 1. The van der Waals surface area contributed by atoms with E-state index in [0.717, 1.165) is 29.2 Å². The standard InChI is InChI=1S/C15H13Br2IO2/c1-8-5-14(20-2)11(7-12(8)17)15(19)10-6-9(16)3-4-13(10)18/h3-7,15,19H,1-2H3. The first-order chi connectivity index (χ1) is 9.43. The van der Waals surface area contributed by atoms with Crippen LogP contribution in [0.4, 0.5) is 0 Å². The highest BCUT2D eigenvalue weighted by molar-refractivity contribution is 14.1. The lowest BCUT2D eigenvalue weighted by Gasteiger charge is -2.18. The van der Waals surface area contributed by atoms with Crippen molar-refractivity contribution in [2.24, 2.45) is 0 Å². The summed E-state index contributed by atoms with van der Waals surface area (Å²) in [4.78, 5) is 0. The molecule has 0 fully saturated rings. The lowest BCUT2D eigenvalue weighted by molar-refractivity contribution is 0.213. The maximum absolute atomic E-state index is 10.7. The number of hydrogen-bond donors (Lipinski definition) is 1. The summed E-state index contributed by atoms with van der Waals surface area (Å²) in [5.41, 5.74) is 2.68. The lowest BCUT2D eigenvalue weighted by Crippen LogP contribution is -2.05. The Morgan fingerprint density at radius 3 is 2.50 bits per heavy atom. The second-order valence-electron chi connectivity index (χ2n) is 4.41. The molecule has 0 aliphatic rings. The van der Waals surface area contributed by atoms with Gasteiger partial charge in [-0.25, -0.2) is 0 Å². The molecule has 0 aliphatic heterocycles. The Labute approximate surface area is 148 Å². The van der Waals surface area contributed by atoms with Crippen molar-refractivity contribution in [3.8, 4) is 5.75 Å². The van der Waals surface area contributed by atoms with Gasteiger partial charge >= 0.3 is 0 Å². The van der Waals surface area contributed by atoms with Crippen LogP contribution in [0.15, 0.2) is 39.3 Å². The third-order valence-corrected chi connectivity index (χ3v) is 5.39. The molecule has 1 unspecified atom stereocenters. The summed E-state index contributed by atoms with van der Waals surface area (Å²) in [7, 11) is 1.62. The highest BCUT2D eigenvalue weighted by Crippen LogP contribution is 2.36. The number of ether oxygens (including phenoxy) is 1. The van der Waals surface area contributed by atoms with Gasteiger partial charge < -0.3 is 9.84 Å². The van der Waals surface area contributed by atoms with Crippen molar-refractivity contribution in [3.05, 3.63) is 59.5 Å². The first-order valence-corrected chi connectivity index (χ1v) is 8.57. The van der Waals surface area contributed by atoms with Gasteiger partial charge in [0.25, 0.3) is 0 Å². The zero-order valence-electron chi connectivity index (χ0n) is 11.0. The Morgan fingerprint density at radius 2 is 1.85 bits per heavy atom. The summed E-state index contributed by atoms with van der Waals surface area (Å²) in [5, 5.41) is 10.7. The Hall–Kier alpha value is -0.110. The molecule has 2 aromatic rings. The van der Waals surface area contributed by atoms with Gasteiger partial charge in [-0.05, 0) is 71.0 Å². The smallest absolute Gasteiger partial charge is 0.125 e. The molecule has 5 heteroatoms. The zero-order chi connectivity index (χ0) is 14.9. The van der Waals surface area contributed by atoms with Gasteiger partial charge in [-0.3, -0.25) is 0 Å². The summed E-state index contributed by atoms with van der Waals surface area (Å²) >= 11 is 9.17. The molecule has 0 radical (unpaired) electrons. The maximum atomic E-state index is 10.7. The first-order valence-electron chi connectivity index (χ1n) is 5.91. The molecule has 2 aromatic carbocycles. The third-order valence-electron chi connectivity index (χ3n) is 3.06. The lowest BCUT2D eigenvalue weighted by atomic mass is 9.99. The quantitative estimate of drug-likeness (QED) is 0.573. The average Bonchev–Trinajstić information content (AvgIpc) is 2.43. The van der Waals surface area contributed by atoms with E-state index in [-0.39, 0.29) is 0 Å². The van der Waals surface area contributed by atoms with Crippen molar-refractivity contribution >= 4 is 54.5 Å². The maximum Gasteiger partial charge on any atom is 0.125 e. The summed E-state index contributed by atoms with van der Waals surface area (Å²) in [6.45, 7) is 1.99. The van der Waals surface area contributed by atoms with Crippen LogP contribution in [-0.4, -0.2) is 12.2 Å². The summed E-state index contributed by atoms with van der Waals surface area (Å²) in [5.74, 6) is 0.689. The minimum absolute atomic E-state index is 0.689. The molecule has 1 N–H and O–H groups in total. The van der Waals surface area contributed by atoms with E-state index in [2.05, 4.69) is 54.5 Å². The normalized spacial score (nSPS) is 12.3. The van der Waals surface area contributed by atoms with Crippen molar-refractivity contribution < 1.29 is 9.84 Å². The van der Waals surface area contributed by atoms with Gasteiger partial charge in [-0.15, -0.1) is 0 Å². The van der Waals surface area contributed by atoms with Crippen molar-refractivity contribution in [2.45, 2.75) is 13.0 Å². The molecule has 1 atom stereocenters. The largest absolute Gasteiger partial charge is 0.496 e. The van der Waals surface area contributed by atoms with Crippen LogP contribution in [0.3, 0.4) is 0 Å². The van der Waals surface area contributed by atoms with Crippen molar-refractivity contribution in [2.75, 3.05) is 7.11 Å². The highest BCUT2D eigenvalue weighted by atomic mass is 127. The molecule has 0 amide bonds. The minimum atomic E-state index is -0.730. The van der Waals surface area contributed by atoms with Crippen LogP contribution in [-0.2, 0) is 0 Å². The second-order valence-corrected chi connectivity index (χ2v) is 7.34. The van der Waals surface area contributed by atoms with Crippen molar-refractivity contribution in [3.63, 3.8) is 0 Å². The fraction of sp³-hybridized carbons (Fsp3) is 0.200. The van der Waals surface area contributed by atoms with Gasteiger partial charge in [0.2, 0.25) is 0 Å². The molecule has 2 nitrogen and oxygen atoms in total. The average molecular weight is 512 g/mol. The minimum Gasteiger partial charge on any atom is -0.496 e. The Balaban J connectivity index is 2.55. The molecule has 0 spiro atoms. The summed E-state index contributed by atoms with van der Waals surface area (Å²) in [6.07, 6.45) is -0.730. The molecule has 0 heterocycles. The monoisotopic (exact) mass is 510 g/mol. The van der Waals surface area contributed by atoms with E-state index >= 15 is 0 Å². The Morgan fingerprint density at radius 1 is 1.15 bits per heavy atom. The number of halogens is 3. The van der Waals surface area contributed by atoms with Gasteiger partial charge in [0.1, 0.15) is 11.9 Å². The molecule has 0 saturated heterocycles. The molecule has 2 rings (SSSR count). The van der Waals surface area contributed by atoms with E-state index < -0.39 is 6.10 Å². The topological polar surface area (TPSA) is 29.5 Å². The van der Waals surface area contributed by atoms with Crippen LogP contribution in [0, 0.1) is 10.5 Å². The number of methoxy groups -OCH3 is 1. The predicted octanol–water partition coefficient (Wildman–Crippen LogP) is 5.21. The molecular formula is C15H13Br2IO2. The van der Waals surface area contributed by atoms with Crippen molar-refractivity contribution in [1.29, 1.82) is 0 Å². The van der Waals surface area contributed by atoms with Gasteiger partial charge in [0.15, 0.2) is 0 Å². The molecule has 106 valence electrons. The van der Waals surface area contributed by atoms with Gasteiger partial charge in [-0.1, -0.05) is 31.9 Å². The van der Waals surface area contributed by atoms with Crippen molar-refractivity contribution in [1.82, 2.24) is 0 Å². The van der Waals surface area contributed by atoms with E-state index in [4.69, 9.17) is 4.74 Å². The predicted molar refractivity (Wildman–Crippen MR) is 96.4 cm³/mol. The van der Waals surface area contributed by atoms with E-state index in [1.54, 1.807) is 7.11 Å².